The molecule has 0 spiro atoms. The first-order valence-corrected chi connectivity index (χ1v) is 4.71. The predicted molar refractivity (Wildman–Crippen MR) is 60.6 cm³/mol. The number of rotatable bonds is 3. The molecule has 0 bridgehead atoms. The van der Waals surface area contributed by atoms with E-state index in [-0.39, 0.29) is 17.1 Å². The van der Waals surface area contributed by atoms with Crippen molar-refractivity contribution in [1.82, 2.24) is 0 Å². The van der Waals surface area contributed by atoms with Crippen LogP contribution in [0.2, 0.25) is 0 Å². The van der Waals surface area contributed by atoms with Gasteiger partial charge in [0.15, 0.2) is 5.78 Å². The van der Waals surface area contributed by atoms with E-state index >= 15 is 0 Å². The van der Waals surface area contributed by atoms with E-state index < -0.39 is 5.82 Å². The van der Waals surface area contributed by atoms with Crippen molar-refractivity contribution in [3.8, 4) is 0 Å². The lowest BCUT2D eigenvalue weighted by atomic mass is 10.2. The van der Waals surface area contributed by atoms with Gasteiger partial charge in [-0.3, -0.25) is 9.79 Å². The second-order valence-corrected chi connectivity index (χ2v) is 3.29. The highest BCUT2D eigenvalue weighted by atomic mass is 19.1. The Morgan fingerprint density at radius 3 is 2.62 bits per heavy atom. The van der Waals surface area contributed by atoms with Crippen molar-refractivity contribution in [2.75, 3.05) is 0 Å². The second-order valence-electron chi connectivity index (χ2n) is 3.29. The van der Waals surface area contributed by atoms with Crippen LogP contribution in [0.25, 0.3) is 0 Å². The van der Waals surface area contributed by atoms with Gasteiger partial charge < -0.3 is 5.11 Å². The zero-order chi connectivity index (χ0) is 12.1. The summed E-state index contributed by atoms with van der Waals surface area (Å²) in [6.07, 6.45) is 1.23. The van der Waals surface area contributed by atoms with Crippen LogP contribution in [0, 0.1) is 5.82 Å². The standard InChI is InChI=1S/C12H12FNO2/c1-8(15)12(9(2)16)7-14-11-5-3-4-10(13)6-11/h3-7,15H,1-2H3/b12-8-,14-7?. The van der Waals surface area contributed by atoms with Gasteiger partial charge in [-0.1, -0.05) is 6.07 Å². The largest absolute Gasteiger partial charge is 0.512 e. The molecule has 3 nitrogen and oxygen atoms in total. The molecule has 0 fully saturated rings. The van der Waals surface area contributed by atoms with Crippen molar-refractivity contribution in [1.29, 1.82) is 0 Å². The number of aliphatic imine (C=N–C) groups is 1. The lowest BCUT2D eigenvalue weighted by molar-refractivity contribution is -0.113. The summed E-state index contributed by atoms with van der Waals surface area (Å²) in [5, 5.41) is 9.21. The lowest BCUT2D eigenvalue weighted by Gasteiger charge is -1.98. The molecule has 0 amide bonds. The van der Waals surface area contributed by atoms with Gasteiger partial charge >= 0.3 is 0 Å². The minimum atomic E-state index is -0.399. The quantitative estimate of drug-likeness (QED) is 0.484. The molecule has 1 rings (SSSR count). The normalized spacial score (nSPS) is 12.7. The Bertz CT molecular complexity index is 460. The van der Waals surface area contributed by atoms with Gasteiger partial charge in [-0.2, -0.15) is 0 Å². The van der Waals surface area contributed by atoms with Gasteiger partial charge in [-0.05, 0) is 32.0 Å². The molecule has 84 valence electrons. The average Bonchev–Trinajstić information content (AvgIpc) is 2.16. The van der Waals surface area contributed by atoms with Gasteiger partial charge in [0.25, 0.3) is 0 Å². The van der Waals surface area contributed by atoms with Crippen molar-refractivity contribution in [3.63, 3.8) is 0 Å². The number of Topliss-reactive ketones (excluding diaryl/α,β-unsaturated/α-hetero) is 1. The van der Waals surface area contributed by atoms with Gasteiger partial charge in [0, 0.05) is 6.21 Å². The number of carbonyl (C=O) groups is 1. The zero-order valence-electron chi connectivity index (χ0n) is 9.07. The summed E-state index contributed by atoms with van der Waals surface area (Å²) in [4.78, 5) is 15.0. The highest BCUT2D eigenvalue weighted by molar-refractivity contribution is 6.12. The summed E-state index contributed by atoms with van der Waals surface area (Å²) in [5.41, 5.74) is 0.504. The minimum Gasteiger partial charge on any atom is -0.512 e. The number of allylic oxidation sites excluding steroid dienone is 2. The third-order valence-corrected chi connectivity index (χ3v) is 1.92. The maximum atomic E-state index is 12.8. The third-order valence-electron chi connectivity index (χ3n) is 1.92. The third kappa shape index (κ3) is 3.31. The van der Waals surface area contributed by atoms with Crippen molar-refractivity contribution < 1.29 is 14.3 Å². The molecule has 1 aromatic rings. The topological polar surface area (TPSA) is 49.7 Å². The highest BCUT2D eigenvalue weighted by Gasteiger charge is 2.04. The molecule has 16 heavy (non-hydrogen) atoms. The summed E-state index contributed by atoms with van der Waals surface area (Å²) in [5.74, 6) is -0.795. The number of aliphatic hydroxyl groups is 1. The van der Waals surface area contributed by atoms with Gasteiger partial charge in [-0.25, -0.2) is 4.39 Å². The molecule has 4 heteroatoms. The van der Waals surface area contributed by atoms with E-state index in [4.69, 9.17) is 0 Å². The Labute approximate surface area is 92.9 Å². The van der Waals surface area contributed by atoms with Crippen LogP contribution in [-0.2, 0) is 4.79 Å². The molecular formula is C12H12FNO2. The fraction of sp³-hybridized carbons (Fsp3) is 0.167. The van der Waals surface area contributed by atoms with E-state index in [9.17, 15) is 14.3 Å². The monoisotopic (exact) mass is 221 g/mol. The fourth-order valence-corrected chi connectivity index (χ4v) is 1.13. The van der Waals surface area contributed by atoms with E-state index in [0.29, 0.717) is 5.69 Å². The summed E-state index contributed by atoms with van der Waals surface area (Å²) in [7, 11) is 0. The number of aliphatic hydroxyl groups excluding tert-OH is 1. The van der Waals surface area contributed by atoms with E-state index in [1.165, 1.54) is 38.3 Å². The van der Waals surface area contributed by atoms with E-state index in [1.807, 2.05) is 0 Å². The first kappa shape index (κ1) is 12.1. The van der Waals surface area contributed by atoms with Crippen LogP contribution in [-0.4, -0.2) is 17.1 Å². The Morgan fingerprint density at radius 1 is 1.44 bits per heavy atom. The molecule has 0 heterocycles. The summed E-state index contributed by atoms with van der Waals surface area (Å²) < 4.78 is 12.8. The molecular weight excluding hydrogens is 209 g/mol. The molecule has 0 aliphatic heterocycles. The van der Waals surface area contributed by atoms with E-state index in [1.54, 1.807) is 6.07 Å². The lowest BCUT2D eigenvalue weighted by Crippen LogP contribution is -2.01. The predicted octanol–water partition coefficient (Wildman–Crippen LogP) is 2.95. The fourth-order valence-electron chi connectivity index (χ4n) is 1.13. The number of hydrogen-bond donors (Lipinski definition) is 1. The van der Waals surface area contributed by atoms with Crippen molar-refractivity contribution in [2.45, 2.75) is 13.8 Å². The van der Waals surface area contributed by atoms with Crippen LogP contribution in [0.1, 0.15) is 13.8 Å². The molecule has 0 atom stereocenters. The van der Waals surface area contributed by atoms with Crippen molar-refractivity contribution in [2.24, 2.45) is 4.99 Å². The summed E-state index contributed by atoms with van der Waals surface area (Å²) >= 11 is 0. The number of nitrogens with zero attached hydrogens (tertiary/aromatic N) is 1. The maximum Gasteiger partial charge on any atom is 0.164 e. The van der Waals surface area contributed by atoms with Crippen molar-refractivity contribution in [3.05, 3.63) is 41.4 Å². The molecule has 0 saturated heterocycles. The molecule has 1 aromatic carbocycles. The Morgan fingerprint density at radius 2 is 2.12 bits per heavy atom. The van der Waals surface area contributed by atoms with Crippen LogP contribution in [0.15, 0.2) is 40.6 Å². The Balaban J connectivity index is 2.96. The summed E-state index contributed by atoms with van der Waals surface area (Å²) in [6, 6.07) is 5.66. The number of halogens is 1. The second kappa shape index (κ2) is 5.21. The van der Waals surface area contributed by atoms with E-state index in [0.717, 1.165) is 0 Å². The smallest absolute Gasteiger partial charge is 0.164 e. The van der Waals surface area contributed by atoms with E-state index in [2.05, 4.69) is 4.99 Å². The van der Waals surface area contributed by atoms with Crippen LogP contribution in [0.4, 0.5) is 10.1 Å². The average molecular weight is 221 g/mol. The number of ketones is 1. The maximum absolute atomic E-state index is 12.8. The van der Waals surface area contributed by atoms with Gasteiger partial charge in [-0.15, -0.1) is 0 Å². The van der Waals surface area contributed by atoms with Gasteiger partial charge in [0.2, 0.25) is 0 Å². The number of benzene rings is 1. The molecule has 0 radical (unpaired) electrons. The number of carbonyl (C=O) groups excluding carboxylic acids is 1. The SMILES string of the molecule is CC(=O)/C(C=Nc1cccc(F)c1)=C(/C)O. The van der Waals surface area contributed by atoms with Gasteiger partial charge in [0.05, 0.1) is 11.3 Å². The van der Waals surface area contributed by atoms with Crippen molar-refractivity contribution >= 4 is 17.7 Å². The molecule has 0 aromatic heterocycles. The van der Waals surface area contributed by atoms with Crippen LogP contribution < -0.4 is 0 Å². The molecule has 0 saturated carbocycles. The molecule has 0 aliphatic carbocycles. The number of hydrogen-bond acceptors (Lipinski definition) is 3. The molecule has 1 N–H and O–H groups in total. The minimum absolute atomic E-state index is 0.104. The summed E-state index contributed by atoms with van der Waals surface area (Å²) in [6.45, 7) is 2.72. The first-order chi connectivity index (χ1) is 7.50. The Hall–Kier alpha value is -1.97. The van der Waals surface area contributed by atoms with Crippen LogP contribution in [0.5, 0.6) is 0 Å². The zero-order valence-corrected chi connectivity index (χ0v) is 9.07. The molecule has 0 unspecified atom stereocenters. The van der Waals surface area contributed by atoms with Gasteiger partial charge in [0.1, 0.15) is 11.6 Å². The molecule has 0 aliphatic rings. The van der Waals surface area contributed by atoms with Crippen LogP contribution in [0.3, 0.4) is 0 Å². The van der Waals surface area contributed by atoms with Crippen LogP contribution >= 0.6 is 0 Å². The highest BCUT2D eigenvalue weighted by Crippen LogP contribution is 2.13. The first-order valence-electron chi connectivity index (χ1n) is 4.71. The Kier molecular flexibility index (Phi) is 3.94.